The highest BCUT2D eigenvalue weighted by Crippen LogP contribution is 2.16. The van der Waals surface area contributed by atoms with Crippen LogP contribution in [-0.4, -0.2) is 30.6 Å². The highest BCUT2D eigenvalue weighted by Gasteiger charge is 2.24. The van der Waals surface area contributed by atoms with E-state index in [4.69, 9.17) is 0 Å². The third-order valence-corrected chi connectivity index (χ3v) is 3.17. The lowest BCUT2D eigenvalue weighted by Gasteiger charge is -2.38. The number of halogens is 2. The Kier molecular flexibility index (Phi) is 4.07. The van der Waals surface area contributed by atoms with Gasteiger partial charge in [-0.1, -0.05) is 6.92 Å². The van der Waals surface area contributed by atoms with Gasteiger partial charge in [-0.05, 0) is 31.2 Å². The molecule has 0 aliphatic carbocycles. The summed E-state index contributed by atoms with van der Waals surface area (Å²) in [4.78, 5) is 2.22. The predicted molar refractivity (Wildman–Crippen MR) is 63.7 cm³/mol. The van der Waals surface area contributed by atoms with Crippen LogP contribution in [0.1, 0.15) is 18.9 Å². The van der Waals surface area contributed by atoms with Crippen molar-refractivity contribution < 1.29 is 8.78 Å². The quantitative estimate of drug-likeness (QED) is 0.848. The Morgan fingerprint density at radius 1 is 1.35 bits per heavy atom. The van der Waals surface area contributed by atoms with Gasteiger partial charge in [0.05, 0.1) is 0 Å². The maximum absolute atomic E-state index is 13.5. The minimum Gasteiger partial charge on any atom is -0.314 e. The zero-order valence-corrected chi connectivity index (χ0v) is 10.0. The molecule has 0 spiro atoms. The van der Waals surface area contributed by atoms with Crippen molar-refractivity contribution in [2.45, 2.75) is 25.9 Å². The van der Waals surface area contributed by atoms with Crippen LogP contribution in [0.15, 0.2) is 18.2 Å². The average Bonchev–Trinajstić information content (AvgIpc) is 2.21. The molecule has 94 valence electrons. The van der Waals surface area contributed by atoms with Crippen LogP contribution < -0.4 is 5.32 Å². The molecule has 1 saturated heterocycles. The first-order valence-electron chi connectivity index (χ1n) is 6.09. The zero-order chi connectivity index (χ0) is 12.3. The van der Waals surface area contributed by atoms with Crippen LogP contribution in [0.3, 0.4) is 0 Å². The van der Waals surface area contributed by atoms with Crippen LogP contribution >= 0.6 is 0 Å². The third kappa shape index (κ3) is 3.01. The summed E-state index contributed by atoms with van der Waals surface area (Å²) in [6.45, 7) is 5.39. The Balaban J connectivity index is 2.07. The minimum atomic E-state index is -0.371. The van der Waals surface area contributed by atoms with Crippen LogP contribution in [0.4, 0.5) is 8.78 Å². The van der Waals surface area contributed by atoms with Gasteiger partial charge >= 0.3 is 0 Å². The van der Waals surface area contributed by atoms with Crippen molar-refractivity contribution in [3.8, 4) is 0 Å². The first-order valence-corrected chi connectivity index (χ1v) is 6.09. The molecule has 1 aromatic rings. The van der Waals surface area contributed by atoms with Crippen LogP contribution in [0, 0.1) is 11.6 Å². The van der Waals surface area contributed by atoms with E-state index in [-0.39, 0.29) is 11.6 Å². The number of nitrogens with one attached hydrogen (secondary N) is 1. The highest BCUT2D eigenvalue weighted by atomic mass is 19.1. The smallest absolute Gasteiger partial charge is 0.127 e. The normalized spacial score (nSPS) is 16.2. The van der Waals surface area contributed by atoms with E-state index in [0.717, 1.165) is 32.1 Å². The topological polar surface area (TPSA) is 15.3 Å². The second-order valence-electron chi connectivity index (χ2n) is 4.52. The summed E-state index contributed by atoms with van der Waals surface area (Å²) in [7, 11) is 0. The molecule has 1 heterocycles. The molecule has 1 aliphatic heterocycles. The maximum Gasteiger partial charge on any atom is 0.127 e. The largest absolute Gasteiger partial charge is 0.314 e. The Hall–Kier alpha value is -1.00. The van der Waals surface area contributed by atoms with E-state index in [2.05, 4.69) is 17.1 Å². The van der Waals surface area contributed by atoms with Crippen molar-refractivity contribution in [3.05, 3.63) is 35.4 Å². The minimum absolute atomic E-state index is 0.320. The molecular weight excluding hydrogens is 222 g/mol. The summed E-state index contributed by atoms with van der Waals surface area (Å²) in [6.07, 6.45) is 1.02. The van der Waals surface area contributed by atoms with Crippen molar-refractivity contribution in [2.75, 3.05) is 19.6 Å². The molecule has 1 N–H and O–H groups in total. The number of benzene rings is 1. The van der Waals surface area contributed by atoms with Gasteiger partial charge in [0.1, 0.15) is 11.6 Å². The molecule has 0 saturated carbocycles. The standard InChI is InChI=1S/C13H18F2N2/c1-2-5-17(12-7-16-8-12)9-10-6-11(14)3-4-13(10)15/h3-4,6,12,16H,2,5,7-9H2,1H3. The SMILES string of the molecule is CCCN(Cc1cc(F)ccc1F)C1CNC1. The van der Waals surface area contributed by atoms with Crippen molar-refractivity contribution in [3.63, 3.8) is 0 Å². The Morgan fingerprint density at radius 2 is 2.12 bits per heavy atom. The fourth-order valence-corrected chi connectivity index (χ4v) is 2.09. The number of hydrogen-bond donors (Lipinski definition) is 1. The van der Waals surface area contributed by atoms with Gasteiger partial charge in [-0.3, -0.25) is 4.90 Å². The zero-order valence-electron chi connectivity index (χ0n) is 10.0. The number of hydrogen-bond acceptors (Lipinski definition) is 2. The van der Waals surface area contributed by atoms with Gasteiger partial charge in [0.2, 0.25) is 0 Å². The van der Waals surface area contributed by atoms with Gasteiger partial charge in [0.25, 0.3) is 0 Å². The Labute approximate surface area is 101 Å². The van der Waals surface area contributed by atoms with Gasteiger partial charge in [0.15, 0.2) is 0 Å². The van der Waals surface area contributed by atoms with Gasteiger partial charge in [-0.2, -0.15) is 0 Å². The third-order valence-electron chi connectivity index (χ3n) is 3.17. The molecule has 0 atom stereocenters. The first-order chi connectivity index (χ1) is 8.20. The van der Waals surface area contributed by atoms with Gasteiger partial charge in [0, 0.05) is 31.2 Å². The first kappa shape index (κ1) is 12.5. The number of rotatable bonds is 5. The molecule has 0 amide bonds. The molecule has 1 aliphatic rings. The van der Waals surface area contributed by atoms with Crippen molar-refractivity contribution >= 4 is 0 Å². The second-order valence-corrected chi connectivity index (χ2v) is 4.52. The van der Waals surface area contributed by atoms with E-state index in [1.807, 2.05) is 0 Å². The Bertz CT molecular complexity index is 378. The van der Waals surface area contributed by atoms with Gasteiger partial charge < -0.3 is 5.32 Å². The van der Waals surface area contributed by atoms with Gasteiger partial charge in [-0.15, -0.1) is 0 Å². The molecule has 0 aromatic heterocycles. The highest BCUT2D eigenvalue weighted by molar-refractivity contribution is 5.18. The van der Waals surface area contributed by atoms with E-state index in [9.17, 15) is 8.78 Å². The van der Waals surface area contributed by atoms with Crippen LogP contribution in [-0.2, 0) is 6.54 Å². The molecular formula is C13H18F2N2. The monoisotopic (exact) mass is 240 g/mol. The second kappa shape index (κ2) is 5.56. The summed E-state index contributed by atoms with van der Waals surface area (Å²) in [5.41, 5.74) is 0.449. The van der Waals surface area contributed by atoms with E-state index < -0.39 is 0 Å². The molecule has 1 aromatic carbocycles. The molecule has 4 heteroatoms. The van der Waals surface area contributed by atoms with Crippen molar-refractivity contribution in [2.24, 2.45) is 0 Å². The fraction of sp³-hybridized carbons (Fsp3) is 0.538. The van der Waals surface area contributed by atoms with E-state index in [0.29, 0.717) is 18.2 Å². The summed E-state index contributed by atoms with van der Waals surface area (Å²) >= 11 is 0. The maximum atomic E-state index is 13.5. The molecule has 0 unspecified atom stereocenters. The van der Waals surface area contributed by atoms with Crippen LogP contribution in [0.25, 0.3) is 0 Å². The fourth-order valence-electron chi connectivity index (χ4n) is 2.09. The number of nitrogens with zero attached hydrogens (tertiary/aromatic N) is 1. The molecule has 2 nitrogen and oxygen atoms in total. The molecule has 17 heavy (non-hydrogen) atoms. The summed E-state index contributed by atoms with van der Waals surface area (Å²) in [5, 5.41) is 3.20. The summed E-state index contributed by atoms with van der Waals surface area (Å²) in [6, 6.07) is 4.11. The van der Waals surface area contributed by atoms with Crippen molar-refractivity contribution in [1.29, 1.82) is 0 Å². The molecule has 0 bridgehead atoms. The molecule has 2 rings (SSSR count). The lowest BCUT2D eigenvalue weighted by molar-refractivity contribution is 0.136. The van der Waals surface area contributed by atoms with Crippen molar-refractivity contribution in [1.82, 2.24) is 10.2 Å². The Morgan fingerprint density at radius 3 is 2.71 bits per heavy atom. The van der Waals surface area contributed by atoms with E-state index in [1.165, 1.54) is 12.1 Å². The van der Waals surface area contributed by atoms with E-state index in [1.54, 1.807) is 0 Å². The molecule has 0 radical (unpaired) electrons. The average molecular weight is 240 g/mol. The lowest BCUT2D eigenvalue weighted by Crippen LogP contribution is -2.57. The lowest BCUT2D eigenvalue weighted by atomic mass is 10.1. The molecule has 1 fully saturated rings. The van der Waals surface area contributed by atoms with Crippen LogP contribution in [0.5, 0.6) is 0 Å². The van der Waals surface area contributed by atoms with Crippen LogP contribution in [0.2, 0.25) is 0 Å². The summed E-state index contributed by atoms with van der Waals surface area (Å²) < 4.78 is 26.6. The van der Waals surface area contributed by atoms with Gasteiger partial charge in [-0.25, -0.2) is 8.78 Å². The summed E-state index contributed by atoms with van der Waals surface area (Å²) in [5.74, 6) is -0.690. The van der Waals surface area contributed by atoms with E-state index >= 15 is 0 Å². The predicted octanol–water partition coefficient (Wildman–Crippen LogP) is 2.15.